The van der Waals surface area contributed by atoms with Crippen LogP contribution in [0.15, 0.2) is 33.5 Å². The smallest absolute Gasteiger partial charge is 0.410 e. The normalized spacial score (nSPS) is 15.2. The molecule has 2 heterocycles. The number of fused-ring (bicyclic) bond motifs is 1. The molecule has 3 rings (SSSR count). The van der Waals surface area contributed by atoms with E-state index in [2.05, 4.69) is 16.7 Å². The SMILES string of the molecule is CC(C)(C)OC(=O)N1CCN(CC#Cc2cccc3c(O)cc(=O)oc23)CC1. The lowest BCUT2D eigenvalue weighted by Gasteiger charge is -2.34. The fourth-order valence-electron chi connectivity index (χ4n) is 2.93. The Morgan fingerprint density at radius 3 is 2.64 bits per heavy atom. The van der Waals surface area contributed by atoms with E-state index in [0.717, 1.165) is 6.07 Å². The van der Waals surface area contributed by atoms with Crippen molar-refractivity contribution in [2.24, 2.45) is 0 Å². The summed E-state index contributed by atoms with van der Waals surface area (Å²) in [4.78, 5) is 27.5. The summed E-state index contributed by atoms with van der Waals surface area (Å²) in [7, 11) is 0. The minimum Gasteiger partial charge on any atom is -0.507 e. The predicted molar refractivity (Wildman–Crippen MR) is 105 cm³/mol. The van der Waals surface area contributed by atoms with Crippen LogP contribution in [0.25, 0.3) is 11.0 Å². The Bertz CT molecular complexity index is 986. The van der Waals surface area contributed by atoms with Crippen LogP contribution >= 0.6 is 0 Å². The summed E-state index contributed by atoms with van der Waals surface area (Å²) in [6, 6.07) is 6.22. The van der Waals surface area contributed by atoms with Crippen LogP contribution in [0.5, 0.6) is 5.75 Å². The van der Waals surface area contributed by atoms with Crippen LogP contribution in [0, 0.1) is 11.8 Å². The lowest BCUT2D eigenvalue weighted by atomic mass is 10.1. The van der Waals surface area contributed by atoms with Gasteiger partial charge in [-0.2, -0.15) is 0 Å². The topological polar surface area (TPSA) is 83.2 Å². The van der Waals surface area contributed by atoms with Gasteiger partial charge in [0.1, 0.15) is 11.4 Å². The summed E-state index contributed by atoms with van der Waals surface area (Å²) < 4.78 is 10.6. The van der Waals surface area contributed by atoms with E-state index in [9.17, 15) is 14.7 Å². The maximum absolute atomic E-state index is 12.1. The van der Waals surface area contributed by atoms with Gasteiger partial charge in [0, 0.05) is 26.2 Å². The van der Waals surface area contributed by atoms with E-state index in [-0.39, 0.29) is 17.4 Å². The molecule has 1 amide bonds. The second kappa shape index (κ2) is 7.95. The Morgan fingerprint density at radius 1 is 1.25 bits per heavy atom. The summed E-state index contributed by atoms with van der Waals surface area (Å²) in [5.74, 6) is 5.98. The number of carbonyl (C=O) groups is 1. The van der Waals surface area contributed by atoms with E-state index < -0.39 is 11.2 Å². The number of piperazine rings is 1. The zero-order valence-electron chi connectivity index (χ0n) is 16.3. The predicted octanol–water partition coefficient (Wildman–Crippen LogP) is 2.40. The van der Waals surface area contributed by atoms with E-state index in [1.165, 1.54) is 0 Å². The zero-order chi connectivity index (χ0) is 20.3. The van der Waals surface area contributed by atoms with Gasteiger partial charge in [-0.1, -0.05) is 17.9 Å². The average molecular weight is 384 g/mol. The van der Waals surface area contributed by atoms with Gasteiger partial charge < -0.3 is 19.2 Å². The number of ether oxygens (including phenoxy) is 1. The number of hydrogen-bond donors (Lipinski definition) is 1. The number of benzene rings is 1. The highest BCUT2D eigenvalue weighted by atomic mass is 16.6. The van der Waals surface area contributed by atoms with Gasteiger partial charge in [0.25, 0.3) is 0 Å². The first kappa shape index (κ1) is 19.8. The molecule has 1 N–H and O–H groups in total. The molecule has 0 unspecified atom stereocenters. The van der Waals surface area contributed by atoms with Crippen molar-refractivity contribution in [2.45, 2.75) is 26.4 Å². The first-order valence-corrected chi connectivity index (χ1v) is 9.18. The van der Waals surface area contributed by atoms with Crippen LogP contribution in [0.4, 0.5) is 4.79 Å². The van der Waals surface area contributed by atoms with Crippen molar-refractivity contribution in [3.63, 3.8) is 0 Å². The lowest BCUT2D eigenvalue weighted by molar-refractivity contribution is 0.0155. The van der Waals surface area contributed by atoms with Crippen molar-refractivity contribution in [1.82, 2.24) is 9.80 Å². The summed E-state index contributed by atoms with van der Waals surface area (Å²) in [6.07, 6.45) is -0.288. The minimum absolute atomic E-state index is 0.117. The molecule has 28 heavy (non-hydrogen) atoms. The fourth-order valence-corrected chi connectivity index (χ4v) is 2.93. The Morgan fingerprint density at radius 2 is 1.96 bits per heavy atom. The molecule has 7 nitrogen and oxygen atoms in total. The van der Waals surface area contributed by atoms with E-state index in [0.29, 0.717) is 43.7 Å². The third-order valence-corrected chi connectivity index (χ3v) is 4.30. The largest absolute Gasteiger partial charge is 0.507 e. The van der Waals surface area contributed by atoms with Gasteiger partial charge in [-0.3, -0.25) is 4.90 Å². The number of aromatic hydroxyl groups is 1. The number of hydrogen-bond acceptors (Lipinski definition) is 6. The van der Waals surface area contributed by atoms with Crippen molar-refractivity contribution in [1.29, 1.82) is 0 Å². The quantitative estimate of drug-likeness (QED) is 0.601. The molecule has 2 aromatic rings. The van der Waals surface area contributed by atoms with Crippen LogP contribution < -0.4 is 5.63 Å². The summed E-state index contributed by atoms with van der Waals surface area (Å²) in [5.41, 5.74) is -0.271. The summed E-state index contributed by atoms with van der Waals surface area (Å²) >= 11 is 0. The summed E-state index contributed by atoms with van der Waals surface area (Å²) in [5, 5.41) is 10.3. The molecule has 0 atom stereocenters. The molecule has 1 fully saturated rings. The second-order valence-electron chi connectivity index (χ2n) is 7.68. The van der Waals surface area contributed by atoms with Gasteiger partial charge in [-0.15, -0.1) is 0 Å². The third-order valence-electron chi connectivity index (χ3n) is 4.30. The van der Waals surface area contributed by atoms with Crippen molar-refractivity contribution < 1.29 is 19.1 Å². The average Bonchev–Trinajstić information content (AvgIpc) is 2.61. The van der Waals surface area contributed by atoms with Crippen LogP contribution in [-0.2, 0) is 4.74 Å². The fraction of sp³-hybridized carbons (Fsp3) is 0.429. The summed E-state index contributed by atoms with van der Waals surface area (Å²) in [6.45, 7) is 8.69. The lowest BCUT2D eigenvalue weighted by Crippen LogP contribution is -2.50. The number of amides is 1. The molecule has 1 aliphatic rings. The Kier molecular flexibility index (Phi) is 5.61. The minimum atomic E-state index is -0.613. The highest BCUT2D eigenvalue weighted by Crippen LogP contribution is 2.24. The van der Waals surface area contributed by atoms with E-state index in [1.807, 2.05) is 20.8 Å². The van der Waals surface area contributed by atoms with Gasteiger partial charge in [-0.05, 0) is 32.9 Å². The van der Waals surface area contributed by atoms with Crippen LogP contribution in [0.2, 0.25) is 0 Å². The van der Waals surface area contributed by atoms with Crippen LogP contribution in [0.3, 0.4) is 0 Å². The number of para-hydroxylation sites is 1. The van der Waals surface area contributed by atoms with Crippen molar-refractivity contribution >= 4 is 17.1 Å². The third kappa shape index (κ3) is 4.84. The standard InChI is InChI=1S/C21H24N2O5/c1-21(2,3)28-20(26)23-12-10-22(11-13-23)9-5-7-15-6-4-8-16-17(24)14-18(25)27-19(15)16/h4,6,8,14,24H,9-13H2,1-3H3. The molecule has 0 saturated carbocycles. The second-order valence-corrected chi connectivity index (χ2v) is 7.68. The van der Waals surface area contributed by atoms with E-state index in [1.54, 1.807) is 23.1 Å². The van der Waals surface area contributed by atoms with Gasteiger partial charge >= 0.3 is 11.7 Å². The molecule has 1 aliphatic heterocycles. The molecule has 0 radical (unpaired) electrons. The highest BCUT2D eigenvalue weighted by Gasteiger charge is 2.25. The Labute approximate surface area is 163 Å². The number of carbonyl (C=O) groups excluding carboxylic acids is 1. The Hall–Kier alpha value is -2.98. The number of nitrogens with zero attached hydrogens (tertiary/aromatic N) is 2. The molecule has 0 spiro atoms. The maximum Gasteiger partial charge on any atom is 0.410 e. The Balaban J connectivity index is 1.62. The van der Waals surface area contributed by atoms with Gasteiger partial charge in [0.15, 0.2) is 5.58 Å². The first-order valence-electron chi connectivity index (χ1n) is 9.18. The van der Waals surface area contributed by atoms with Gasteiger partial charge in [0.2, 0.25) is 0 Å². The molecule has 0 bridgehead atoms. The molecule has 1 aromatic carbocycles. The maximum atomic E-state index is 12.1. The first-order chi connectivity index (χ1) is 13.2. The van der Waals surface area contributed by atoms with Gasteiger partial charge in [-0.25, -0.2) is 9.59 Å². The molecule has 148 valence electrons. The molecule has 1 saturated heterocycles. The van der Waals surface area contributed by atoms with Gasteiger partial charge in [0.05, 0.1) is 23.6 Å². The number of rotatable bonds is 1. The van der Waals surface area contributed by atoms with Crippen LogP contribution in [-0.4, -0.2) is 59.3 Å². The molecular formula is C21H24N2O5. The monoisotopic (exact) mass is 384 g/mol. The van der Waals surface area contributed by atoms with Crippen molar-refractivity contribution in [3.8, 4) is 17.6 Å². The molecule has 1 aromatic heterocycles. The van der Waals surface area contributed by atoms with Crippen molar-refractivity contribution in [3.05, 3.63) is 40.2 Å². The highest BCUT2D eigenvalue weighted by molar-refractivity contribution is 5.87. The molecule has 7 heteroatoms. The van der Waals surface area contributed by atoms with E-state index >= 15 is 0 Å². The zero-order valence-corrected chi connectivity index (χ0v) is 16.3. The van der Waals surface area contributed by atoms with Crippen molar-refractivity contribution in [2.75, 3.05) is 32.7 Å². The van der Waals surface area contributed by atoms with E-state index in [4.69, 9.17) is 9.15 Å². The molecule has 0 aliphatic carbocycles. The van der Waals surface area contributed by atoms with Crippen LogP contribution in [0.1, 0.15) is 26.3 Å². The molecular weight excluding hydrogens is 360 g/mol.